The Hall–Kier alpha value is -0.380. The molecule has 2 bridgehead atoms. The molecule has 0 amide bonds. The number of thiophene rings is 1. The van der Waals surface area contributed by atoms with Crippen LogP contribution in [0.25, 0.3) is 0 Å². The van der Waals surface area contributed by atoms with Gasteiger partial charge in [0, 0.05) is 34.4 Å². The van der Waals surface area contributed by atoms with Crippen LogP contribution in [-0.4, -0.2) is 23.0 Å². The van der Waals surface area contributed by atoms with Crippen LogP contribution in [0, 0.1) is 6.92 Å². The Morgan fingerprint density at radius 2 is 2.00 bits per heavy atom. The van der Waals surface area contributed by atoms with E-state index in [1.54, 1.807) is 0 Å². The van der Waals surface area contributed by atoms with E-state index in [4.69, 9.17) is 5.73 Å². The third-order valence-electron chi connectivity index (χ3n) is 4.06. The molecule has 3 rings (SSSR count). The molecule has 2 unspecified atom stereocenters. The first kappa shape index (κ1) is 10.8. The molecule has 3 heteroatoms. The van der Waals surface area contributed by atoms with Crippen molar-refractivity contribution in [3.63, 3.8) is 0 Å². The zero-order valence-electron chi connectivity index (χ0n) is 9.86. The number of piperidine rings is 1. The van der Waals surface area contributed by atoms with Crippen LogP contribution in [-0.2, 0) is 6.54 Å². The van der Waals surface area contributed by atoms with E-state index in [1.165, 1.54) is 35.4 Å². The first-order valence-corrected chi connectivity index (χ1v) is 7.10. The Kier molecular flexibility index (Phi) is 2.78. The van der Waals surface area contributed by atoms with E-state index in [1.807, 2.05) is 11.3 Å². The summed E-state index contributed by atoms with van der Waals surface area (Å²) in [6.07, 6.45) is 5.15. The number of rotatable bonds is 2. The molecule has 2 aliphatic rings. The number of hydrogen-bond acceptors (Lipinski definition) is 3. The van der Waals surface area contributed by atoms with E-state index >= 15 is 0 Å². The highest BCUT2D eigenvalue weighted by atomic mass is 32.1. The summed E-state index contributed by atoms with van der Waals surface area (Å²) in [6.45, 7) is 3.34. The van der Waals surface area contributed by atoms with Crippen LogP contribution in [0.5, 0.6) is 0 Å². The van der Waals surface area contributed by atoms with Crippen molar-refractivity contribution < 1.29 is 0 Å². The maximum absolute atomic E-state index is 6.09. The normalized spacial score (nSPS) is 34.5. The minimum atomic E-state index is 0.457. The third kappa shape index (κ3) is 1.92. The molecule has 2 N–H and O–H groups in total. The highest BCUT2D eigenvalue weighted by molar-refractivity contribution is 7.11. The molecule has 3 heterocycles. The fraction of sp³-hybridized carbons (Fsp3) is 0.692. The number of aryl methyl sites for hydroxylation is 1. The number of fused-ring (bicyclic) bond motifs is 2. The average Bonchev–Trinajstić information content (AvgIpc) is 2.72. The van der Waals surface area contributed by atoms with Crippen LogP contribution in [0.15, 0.2) is 12.1 Å². The van der Waals surface area contributed by atoms with E-state index in [9.17, 15) is 0 Å². The van der Waals surface area contributed by atoms with E-state index in [2.05, 4.69) is 24.0 Å². The minimum Gasteiger partial charge on any atom is -0.328 e. The lowest BCUT2D eigenvalue weighted by atomic mass is 9.98. The molecule has 0 aromatic carbocycles. The van der Waals surface area contributed by atoms with Gasteiger partial charge in [-0.2, -0.15) is 0 Å². The highest BCUT2D eigenvalue weighted by Gasteiger charge is 2.39. The number of nitrogens with zero attached hydrogens (tertiary/aromatic N) is 1. The second kappa shape index (κ2) is 4.13. The van der Waals surface area contributed by atoms with E-state index in [0.717, 1.165) is 18.6 Å². The lowest BCUT2D eigenvalue weighted by molar-refractivity contribution is 0.121. The Bertz CT molecular complexity index is 360. The SMILES string of the molecule is Cc1ccc(CN2C3CCC2CC(N)C3)s1. The molecule has 88 valence electrons. The maximum atomic E-state index is 6.09. The fourth-order valence-corrected chi connectivity index (χ4v) is 4.22. The smallest absolute Gasteiger partial charge is 0.0333 e. The maximum Gasteiger partial charge on any atom is 0.0333 e. The van der Waals surface area contributed by atoms with E-state index in [0.29, 0.717) is 6.04 Å². The predicted molar refractivity (Wildman–Crippen MR) is 68.6 cm³/mol. The van der Waals surface area contributed by atoms with Gasteiger partial charge in [-0.3, -0.25) is 4.90 Å². The van der Waals surface area contributed by atoms with Gasteiger partial charge in [-0.1, -0.05) is 0 Å². The van der Waals surface area contributed by atoms with Gasteiger partial charge in [-0.25, -0.2) is 0 Å². The molecule has 1 aromatic heterocycles. The molecule has 2 saturated heterocycles. The van der Waals surface area contributed by atoms with Crippen molar-refractivity contribution in [3.8, 4) is 0 Å². The van der Waals surface area contributed by atoms with Crippen molar-refractivity contribution in [1.29, 1.82) is 0 Å². The van der Waals surface area contributed by atoms with Crippen molar-refractivity contribution in [3.05, 3.63) is 21.9 Å². The molecule has 0 aliphatic carbocycles. The summed E-state index contributed by atoms with van der Waals surface area (Å²) < 4.78 is 0. The van der Waals surface area contributed by atoms with Crippen LogP contribution in [0.3, 0.4) is 0 Å². The lowest BCUT2D eigenvalue weighted by Crippen LogP contribution is -2.46. The zero-order chi connectivity index (χ0) is 11.1. The van der Waals surface area contributed by atoms with Gasteiger partial charge in [0.15, 0.2) is 0 Å². The first-order chi connectivity index (χ1) is 7.72. The average molecular weight is 236 g/mol. The predicted octanol–water partition coefficient (Wildman–Crippen LogP) is 2.51. The summed E-state index contributed by atoms with van der Waals surface area (Å²) in [7, 11) is 0. The van der Waals surface area contributed by atoms with Crippen LogP contribution >= 0.6 is 11.3 Å². The molecule has 0 spiro atoms. The molecular formula is C13H20N2S. The third-order valence-corrected chi connectivity index (χ3v) is 5.04. The van der Waals surface area contributed by atoms with Crippen LogP contribution in [0.1, 0.15) is 35.4 Å². The van der Waals surface area contributed by atoms with Crippen molar-refractivity contribution in [2.75, 3.05) is 0 Å². The van der Waals surface area contributed by atoms with E-state index in [-0.39, 0.29) is 0 Å². The van der Waals surface area contributed by atoms with Crippen molar-refractivity contribution in [1.82, 2.24) is 4.90 Å². The molecule has 2 nitrogen and oxygen atoms in total. The molecule has 2 atom stereocenters. The van der Waals surface area contributed by atoms with Gasteiger partial charge in [0.2, 0.25) is 0 Å². The Labute approximate surface area is 101 Å². The van der Waals surface area contributed by atoms with Crippen molar-refractivity contribution >= 4 is 11.3 Å². The van der Waals surface area contributed by atoms with Gasteiger partial charge in [-0.15, -0.1) is 11.3 Å². The largest absolute Gasteiger partial charge is 0.328 e. The Morgan fingerprint density at radius 3 is 2.56 bits per heavy atom. The summed E-state index contributed by atoms with van der Waals surface area (Å²) in [5.74, 6) is 0. The molecule has 1 aromatic rings. The van der Waals surface area contributed by atoms with Gasteiger partial charge in [0.25, 0.3) is 0 Å². The number of hydrogen-bond donors (Lipinski definition) is 1. The van der Waals surface area contributed by atoms with Gasteiger partial charge >= 0.3 is 0 Å². The van der Waals surface area contributed by atoms with Gasteiger partial charge < -0.3 is 5.73 Å². The van der Waals surface area contributed by atoms with Crippen LogP contribution < -0.4 is 5.73 Å². The van der Waals surface area contributed by atoms with Gasteiger partial charge in [-0.05, 0) is 44.7 Å². The summed E-state index contributed by atoms with van der Waals surface area (Å²) in [6, 6.07) is 6.50. The summed E-state index contributed by atoms with van der Waals surface area (Å²) in [4.78, 5) is 5.65. The number of nitrogens with two attached hydrogens (primary N) is 1. The molecule has 2 fully saturated rings. The van der Waals surface area contributed by atoms with Crippen LogP contribution in [0.4, 0.5) is 0 Å². The van der Waals surface area contributed by atoms with Crippen molar-refractivity contribution in [2.24, 2.45) is 5.73 Å². The summed E-state index contributed by atoms with van der Waals surface area (Å²) in [5, 5.41) is 0. The van der Waals surface area contributed by atoms with Gasteiger partial charge in [0.1, 0.15) is 0 Å². The summed E-state index contributed by atoms with van der Waals surface area (Å²) in [5.41, 5.74) is 6.09. The first-order valence-electron chi connectivity index (χ1n) is 6.29. The second-order valence-electron chi connectivity index (χ2n) is 5.30. The molecule has 16 heavy (non-hydrogen) atoms. The Morgan fingerprint density at radius 1 is 1.31 bits per heavy atom. The quantitative estimate of drug-likeness (QED) is 0.855. The van der Waals surface area contributed by atoms with E-state index < -0.39 is 0 Å². The zero-order valence-corrected chi connectivity index (χ0v) is 10.7. The standard InChI is InChI=1S/C13H20N2S/c1-9-2-5-13(16-9)8-15-11-3-4-12(15)7-10(14)6-11/h2,5,10-12H,3-4,6-8,14H2,1H3. The fourth-order valence-electron chi connectivity index (χ4n) is 3.32. The molecule has 0 saturated carbocycles. The van der Waals surface area contributed by atoms with Gasteiger partial charge in [0.05, 0.1) is 0 Å². The Balaban J connectivity index is 1.72. The summed E-state index contributed by atoms with van der Waals surface area (Å²) >= 11 is 1.94. The molecule has 2 aliphatic heterocycles. The second-order valence-corrected chi connectivity index (χ2v) is 6.67. The lowest BCUT2D eigenvalue weighted by Gasteiger charge is -2.37. The highest BCUT2D eigenvalue weighted by Crippen LogP contribution is 2.36. The molecule has 0 radical (unpaired) electrons. The van der Waals surface area contributed by atoms with Crippen LogP contribution in [0.2, 0.25) is 0 Å². The molecular weight excluding hydrogens is 216 g/mol. The topological polar surface area (TPSA) is 29.3 Å². The van der Waals surface area contributed by atoms with Crippen molar-refractivity contribution in [2.45, 2.75) is 57.3 Å². The minimum absolute atomic E-state index is 0.457. The monoisotopic (exact) mass is 236 g/mol.